The van der Waals surface area contributed by atoms with Gasteiger partial charge in [0, 0.05) is 24.4 Å². The minimum absolute atomic E-state index is 0.0240. The number of nitro groups is 1. The number of nitrogens with one attached hydrogen (secondary N) is 1. The molecule has 0 fully saturated rings. The van der Waals surface area contributed by atoms with Gasteiger partial charge in [-0.25, -0.2) is 4.98 Å². The monoisotopic (exact) mass is 325 g/mol. The Morgan fingerprint density at radius 3 is 2.71 bits per heavy atom. The summed E-state index contributed by atoms with van der Waals surface area (Å²) in [6.07, 6.45) is 1.28. The first-order valence-electron chi connectivity index (χ1n) is 5.80. The number of hydrogen-bond acceptors (Lipinski definition) is 4. The summed E-state index contributed by atoms with van der Waals surface area (Å²) in [5.74, 6) is -0.445. The normalized spacial score (nSPS) is 10.2. The second kappa shape index (κ2) is 6.51. The summed E-state index contributed by atoms with van der Waals surface area (Å²) in [6.45, 7) is 0.0240. The van der Waals surface area contributed by atoms with Crippen molar-refractivity contribution in [2.24, 2.45) is 0 Å². The maximum atomic E-state index is 11.9. The van der Waals surface area contributed by atoms with Crippen molar-refractivity contribution in [3.8, 4) is 0 Å². The molecule has 1 aromatic carbocycles. The van der Waals surface area contributed by atoms with Crippen LogP contribution in [0.1, 0.15) is 15.9 Å². The number of aromatic nitrogens is 1. The molecule has 21 heavy (non-hydrogen) atoms. The number of rotatable bonds is 4. The summed E-state index contributed by atoms with van der Waals surface area (Å²) < 4.78 is 0. The molecule has 2 rings (SSSR count). The Hall–Kier alpha value is -2.18. The lowest BCUT2D eigenvalue weighted by molar-refractivity contribution is -0.385. The molecule has 1 heterocycles. The van der Waals surface area contributed by atoms with E-state index in [-0.39, 0.29) is 28.0 Å². The molecule has 8 heteroatoms. The number of benzene rings is 1. The number of nitro benzene ring substituents is 1. The lowest BCUT2D eigenvalue weighted by Gasteiger charge is -2.06. The number of nitrogens with zero attached hydrogens (tertiary/aromatic N) is 2. The SMILES string of the molecule is O=C(NCc1ccccc1[N+](=O)[O-])c1cnc(Cl)c(Cl)c1. The third-order valence-corrected chi connectivity index (χ3v) is 3.37. The highest BCUT2D eigenvalue weighted by Crippen LogP contribution is 2.20. The van der Waals surface area contributed by atoms with E-state index < -0.39 is 10.8 Å². The van der Waals surface area contributed by atoms with E-state index in [0.717, 1.165) is 0 Å². The largest absolute Gasteiger partial charge is 0.348 e. The topological polar surface area (TPSA) is 85.1 Å². The molecular weight excluding hydrogens is 317 g/mol. The van der Waals surface area contributed by atoms with Gasteiger partial charge < -0.3 is 5.32 Å². The molecule has 0 saturated heterocycles. The lowest BCUT2D eigenvalue weighted by atomic mass is 10.1. The van der Waals surface area contributed by atoms with Gasteiger partial charge in [-0.2, -0.15) is 0 Å². The average Bonchev–Trinajstić information content (AvgIpc) is 2.47. The van der Waals surface area contributed by atoms with Crippen molar-refractivity contribution in [1.82, 2.24) is 10.3 Å². The fraction of sp³-hybridized carbons (Fsp3) is 0.0769. The Balaban J connectivity index is 2.11. The van der Waals surface area contributed by atoms with Gasteiger partial charge >= 0.3 is 0 Å². The third kappa shape index (κ3) is 3.68. The molecule has 108 valence electrons. The Labute approximate surface area is 129 Å². The van der Waals surface area contributed by atoms with Crippen molar-refractivity contribution in [1.29, 1.82) is 0 Å². The summed E-state index contributed by atoms with van der Waals surface area (Å²) in [7, 11) is 0. The van der Waals surface area contributed by atoms with E-state index in [1.807, 2.05) is 0 Å². The van der Waals surface area contributed by atoms with Crippen molar-refractivity contribution >= 4 is 34.8 Å². The van der Waals surface area contributed by atoms with Gasteiger partial charge in [0.1, 0.15) is 5.15 Å². The van der Waals surface area contributed by atoms with Gasteiger partial charge in [-0.3, -0.25) is 14.9 Å². The lowest BCUT2D eigenvalue weighted by Crippen LogP contribution is -2.23. The zero-order valence-corrected chi connectivity index (χ0v) is 12.1. The van der Waals surface area contributed by atoms with Gasteiger partial charge in [0.05, 0.1) is 15.5 Å². The highest BCUT2D eigenvalue weighted by molar-refractivity contribution is 6.41. The van der Waals surface area contributed by atoms with E-state index in [1.54, 1.807) is 18.2 Å². The van der Waals surface area contributed by atoms with Crippen molar-refractivity contribution in [3.05, 3.63) is 67.9 Å². The van der Waals surface area contributed by atoms with Gasteiger partial charge in [-0.1, -0.05) is 41.4 Å². The Kier molecular flexibility index (Phi) is 4.72. The Morgan fingerprint density at radius 2 is 2.05 bits per heavy atom. The molecule has 0 aliphatic rings. The molecule has 1 aromatic heterocycles. The second-order valence-corrected chi connectivity index (χ2v) is 4.83. The minimum Gasteiger partial charge on any atom is -0.348 e. The first-order valence-corrected chi connectivity index (χ1v) is 6.56. The van der Waals surface area contributed by atoms with Crippen LogP contribution >= 0.6 is 23.2 Å². The highest BCUT2D eigenvalue weighted by atomic mass is 35.5. The van der Waals surface area contributed by atoms with Crippen molar-refractivity contribution in [2.45, 2.75) is 6.54 Å². The number of hydrogen-bond donors (Lipinski definition) is 1. The molecule has 0 saturated carbocycles. The first kappa shape index (κ1) is 15.2. The van der Waals surface area contributed by atoms with E-state index in [0.29, 0.717) is 5.56 Å². The van der Waals surface area contributed by atoms with E-state index >= 15 is 0 Å². The molecule has 0 atom stereocenters. The van der Waals surface area contributed by atoms with Gasteiger partial charge in [-0.05, 0) is 6.07 Å². The number of halogens is 2. The van der Waals surface area contributed by atoms with Crippen LogP contribution in [0.25, 0.3) is 0 Å². The summed E-state index contributed by atoms with van der Waals surface area (Å²) >= 11 is 11.4. The predicted molar refractivity (Wildman–Crippen MR) is 78.5 cm³/mol. The molecule has 0 bridgehead atoms. The summed E-state index contributed by atoms with van der Waals surface area (Å²) in [5.41, 5.74) is 0.580. The van der Waals surface area contributed by atoms with Crippen LogP contribution in [0.4, 0.5) is 5.69 Å². The Bertz CT molecular complexity index is 707. The van der Waals surface area contributed by atoms with Crippen molar-refractivity contribution < 1.29 is 9.72 Å². The molecule has 1 N–H and O–H groups in total. The van der Waals surface area contributed by atoms with Crippen LogP contribution in [0.2, 0.25) is 10.2 Å². The molecule has 2 aromatic rings. The van der Waals surface area contributed by atoms with Gasteiger partial charge in [-0.15, -0.1) is 0 Å². The van der Waals surface area contributed by atoms with E-state index in [1.165, 1.54) is 18.3 Å². The number of para-hydroxylation sites is 1. The van der Waals surface area contributed by atoms with Crippen LogP contribution in [0.15, 0.2) is 36.5 Å². The average molecular weight is 326 g/mol. The third-order valence-electron chi connectivity index (χ3n) is 2.69. The summed E-state index contributed by atoms with van der Waals surface area (Å²) in [5, 5.41) is 13.7. The van der Waals surface area contributed by atoms with Crippen LogP contribution < -0.4 is 5.32 Å². The fourth-order valence-electron chi connectivity index (χ4n) is 1.66. The van der Waals surface area contributed by atoms with E-state index in [9.17, 15) is 14.9 Å². The minimum atomic E-state index is -0.498. The van der Waals surface area contributed by atoms with Crippen LogP contribution in [-0.2, 0) is 6.54 Å². The van der Waals surface area contributed by atoms with Crippen LogP contribution in [-0.4, -0.2) is 15.8 Å². The summed E-state index contributed by atoms with van der Waals surface area (Å²) in [6, 6.07) is 7.56. The molecule has 1 amide bonds. The number of pyridine rings is 1. The van der Waals surface area contributed by atoms with Crippen LogP contribution in [0.3, 0.4) is 0 Å². The van der Waals surface area contributed by atoms with Crippen LogP contribution in [0, 0.1) is 10.1 Å². The maximum Gasteiger partial charge on any atom is 0.274 e. The molecule has 0 aliphatic heterocycles. The quantitative estimate of drug-likeness (QED) is 0.531. The molecule has 0 aliphatic carbocycles. The number of amides is 1. The Morgan fingerprint density at radius 1 is 1.33 bits per heavy atom. The second-order valence-electron chi connectivity index (χ2n) is 4.07. The summed E-state index contributed by atoms with van der Waals surface area (Å²) in [4.78, 5) is 26.1. The van der Waals surface area contributed by atoms with Gasteiger partial charge in [0.25, 0.3) is 11.6 Å². The van der Waals surface area contributed by atoms with E-state index in [2.05, 4.69) is 10.3 Å². The standard InChI is InChI=1S/C13H9Cl2N3O3/c14-10-5-9(7-16-12(10)15)13(19)17-6-8-3-1-2-4-11(8)18(20)21/h1-5,7H,6H2,(H,17,19). The predicted octanol–water partition coefficient (Wildman–Crippen LogP) is 3.23. The van der Waals surface area contributed by atoms with Crippen molar-refractivity contribution in [3.63, 3.8) is 0 Å². The number of carbonyl (C=O) groups is 1. The van der Waals surface area contributed by atoms with Gasteiger partial charge in [0.2, 0.25) is 0 Å². The van der Waals surface area contributed by atoms with Crippen LogP contribution in [0.5, 0.6) is 0 Å². The first-order chi connectivity index (χ1) is 9.99. The number of carbonyl (C=O) groups excluding carboxylic acids is 1. The van der Waals surface area contributed by atoms with Crippen molar-refractivity contribution in [2.75, 3.05) is 0 Å². The van der Waals surface area contributed by atoms with Gasteiger partial charge in [0.15, 0.2) is 0 Å². The zero-order chi connectivity index (χ0) is 15.4. The molecular formula is C13H9Cl2N3O3. The maximum absolute atomic E-state index is 11.9. The molecule has 6 nitrogen and oxygen atoms in total. The zero-order valence-electron chi connectivity index (χ0n) is 10.5. The fourth-order valence-corrected chi connectivity index (χ4v) is 1.93. The molecule has 0 radical (unpaired) electrons. The van der Waals surface area contributed by atoms with E-state index in [4.69, 9.17) is 23.2 Å². The molecule has 0 spiro atoms. The molecule has 0 unspecified atom stereocenters. The smallest absolute Gasteiger partial charge is 0.274 e. The highest BCUT2D eigenvalue weighted by Gasteiger charge is 2.14.